The van der Waals surface area contributed by atoms with Gasteiger partial charge >= 0.3 is 5.97 Å². The zero-order valence-corrected chi connectivity index (χ0v) is 10.4. The molecule has 3 rings (SSSR count). The lowest BCUT2D eigenvalue weighted by Crippen LogP contribution is -2.03. The molecule has 19 heavy (non-hydrogen) atoms. The van der Waals surface area contributed by atoms with Crippen molar-refractivity contribution >= 4 is 16.9 Å². The average Bonchev–Trinajstić information content (AvgIpc) is 2.97. The summed E-state index contributed by atoms with van der Waals surface area (Å²) in [5.41, 5.74) is 2.12. The van der Waals surface area contributed by atoms with Gasteiger partial charge in [0.15, 0.2) is 0 Å². The molecule has 0 spiro atoms. The van der Waals surface area contributed by atoms with E-state index in [4.69, 9.17) is 0 Å². The molecule has 0 saturated heterocycles. The van der Waals surface area contributed by atoms with Crippen LogP contribution in [-0.2, 0) is 13.6 Å². The van der Waals surface area contributed by atoms with Crippen molar-refractivity contribution in [2.75, 3.05) is 0 Å². The first-order valence-electron chi connectivity index (χ1n) is 5.94. The molecule has 5 heteroatoms. The first kappa shape index (κ1) is 11.5. The number of carbonyl (C=O) groups is 1. The topological polar surface area (TPSA) is 60.0 Å². The molecule has 96 valence electrons. The number of aromatic carboxylic acids is 1. The number of aromatic nitrogens is 3. The number of rotatable bonds is 3. The highest BCUT2D eigenvalue weighted by atomic mass is 16.4. The zero-order chi connectivity index (χ0) is 13.4. The maximum Gasteiger partial charge on any atom is 0.337 e. The second-order valence-corrected chi connectivity index (χ2v) is 4.51. The van der Waals surface area contributed by atoms with Gasteiger partial charge in [-0.3, -0.25) is 4.68 Å². The van der Waals surface area contributed by atoms with Crippen molar-refractivity contribution in [3.05, 3.63) is 54.0 Å². The Morgan fingerprint density at radius 3 is 2.89 bits per heavy atom. The number of carboxylic acid groups (broad SMARTS) is 1. The maximum absolute atomic E-state index is 11.3. The monoisotopic (exact) mass is 255 g/mol. The van der Waals surface area contributed by atoms with Crippen LogP contribution < -0.4 is 0 Å². The number of nitrogens with zero attached hydrogens (tertiary/aromatic N) is 3. The van der Waals surface area contributed by atoms with Gasteiger partial charge in [0.25, 0.3) is 0 Å². The molecule has 0 fully saturated rings. The number of carboxylic acids is 1. The Morgan fingerprint density at radius 1 is 1.37 bits per heavy atom. The van der Waals surface area contributed by atoms with Crippen LogP contribution in [0.3, 0.4) is 0 Å². The fraction of sp³-hybridized carbons (Fsp3) is 0.143. The molecular weight excluding hydrogens is 242 g/mol. The third-order valence-electron chi connectivity index (χ3n) is 3.13. The van der Waals surface area contributed by atoms with Crippen LogP contribution in [0.5, 0.6) is 0 Å². The van der Waals surface area contributed by atoms with Crippen molar-refractivity contribution < 1.29 is 9.90 Å². The molecule has 0 saturated carbocycles. The van der Waals surface area contributed by atoms with Gasteiger partial charge in [0.05, 0.1) is 23.8 Å². The lowest BCUT2D eigenvalue weighted by molar-refractivity contribution is 0.0698. The van der Waals surface area contributed by atoms with Crippen molar-refractivity contribution in [3.63, 3.8) is 0 Å². The van der Waals surface area contributed by atoms with E-state index in [0.717, 1.165) is 16.5 Å². The quantitative estimate of drug-likeness (QED) is 0.779. The van der Waals surface area contributed by atoms with E-state index in [1.54, 1.807) is 23.0 Å². The van der Waals surface area contributed by atoms with Crippen molar-refractivity contribution in [1.82, 2.24) is 14.3 Å². The molecule has 3 aromatic rings. The van der Waals surface area contributed by atoms with E-state index in [9.17, 15) is 9.90 Å². The van der Waals surface area contributed by atoms with Gasteiger partial charge in [0.1, 0.15) is 0 Å². The van der Waals surface area contributed by atoms with Crippen molar-refractivity contribution in [1.29, 1.82) is 0 Å². The van der Waals surface area contributed by atoms with Crippen LogP contribution in [0, 0.1) is 0 Å². The summed E-state index contributed by atoms with van der Waals surface area (Å²) >= 11 is 0. The fourth-order valence-electron chi connectivity index (χ4n) is 2.32. The second kappa shape index (κ2) is 4.28. The summed E-state index contributed by atoms with van der Waals surface area (Å²) in [5, 5.41) is 14.3. The minimum atomic E-state index is -0.906. The minimum Gasteiger partial charge on any atom is -0.478 e. The number of fused-ring (bicyclic) bond motifs is 1. The van der Waals surface area contributed by atoms with Crippen LogP contribution in [0.15, 0.2) is 42.9 Å². The van der Waals surface area contributed by atoms with Gasteiger partial charge in [-0.15, -0.1) is 0 Å². The summed E-state index contributed by atoms with van der Waals surface area (Å²) in [6.07, 6.45) is 5.62. The largest absolute Gasteiger partial charge is 0.478 e. The fourth-order valence-corrected chi connectivity index (χ4v) is 2.32. The second-order valence-electron chi connectivity index (χ2n) is 4.51. The van der Waals surface area contributed by atoms with E-state index in [0.29, 0.717) is 12.1 Å². The molecule has 2 heterocycles. The highest BCUT2D eigenvalue weighted by molar-refractivity contribution is 6.02. The third-order valence-corrected chi connectivity index (χ3v) is 3.13. The Morgan fingerprint density at radius 2 is 2.21 bits per heavy atom. The number of benzene rings is 1. The maximum atomic E-state index is 11.3. The molecule has 0 bridgehead atoms. The van der Waals surface area contributed by atoms with Crippen molar-refractivity contribution in [2.45, 2.75) is 6.54 Å². The van der Waals surface area contributed by atoms with Gasteiger partial charge in [-0.1, -0.05) is 12.1 Å². The summed E-state index contributed by atoms with van der Waals surface area (Å²) in [7, 11) is 1.86. The summed E-state index contributed by atoms with van der Waals surface area (Å²) in [6.45, 7) is 0.613. The van der Waals surface area contributed by atoms with Crippen LogP contribution >= 0.6 is 0 Å². The molecule has 0 unspecified atom stereocenters. The Balaban J connectivity index is 2.11. The van der Waals surface area contributed by atoms with Crippen LogP contribution in [-0.4, -0.2) is 25.4 Å². The van der Waals surface area contributed by atoms with Gasteiger partial charge in [-0.25, -0.2) is 4.79 Å². The summed E-state index contributed by atoms with van der Waals surface area (Å²) in [5.74, 6) is -0.906. The van der Waals surface area contributed by atoms with Gasteiger partial charge < -0.3 is 9.67 Å². The molecule has 1 aromatic carbocycles. The van der Waals surface area contributed by atoms with E-state index in [2.05, 4.69) is 5.10 Å². The minimum absolute atomic E-state index is 0.325. The highest BCUT2D eigenvalue weighted by Gasteiger charge is 2.12. The van der Waals surface area contributed by atoms with Crippen LogP contribution in [0.4, 0.5) is 0 Å². The van der Waals surface area contributed by atoms with Crippen LogP contribution in [0.2, 0.25) is 0 Å². The number of para-hydroxylation sites is 1. The summed E-state index contributed by atoms with van der Waals surface area (Å²) < 4.78 is 3.68. The standard InChI is InChI=1S/C14H13N3O2/c1-16-8-10(7-15-16)9-17-6-5-11-3-2-4-12(13(11)17)14(18)19/h2-8H,9H2,1H3,(H,18,19). The average molecular weight is 255 g/mol. The van der Waals surface area contributed by atoms with E-state index in [1.807, 2.05) is 36.1 Å². The van der Waals surface area contributed by atoms with Crippen LogP contribution in [0.25, 0.3) is 10.9 Å². The molecule has 0 radical (unpaired) electrons. The van der Waals surface area contributed by atoms with Crippen molar-refractivity contribution in [3.8, 4) is 0 Å². The summed E-state index contributed by atoms with van der Waals surface area (Å²) in [4.78, 5) is 11.3. The first-order valence-corrected chi connectivity index (χ1v) is 5.94. The van der Waals surface area contributed by atoms with E-state index >= 15 is 0 Å². The van der Waals surface area contributed by atoms with Gasteiger partial charge in [-0.05, 0) is 12.1 Å². The normalized spacial score (nSPS) is 11.0. The van der Waals surface area contributed by atoms with Crippen molar-refractivity contribution in [2.24, 2.45) is 7.05 Å². The predicted octanol–water partition coefficient (Wildman–Crippen LogP) is 2.12. The Kier molecular flexibility index (Phi) is 2.59. The first-order chi connectivity index (χ1) is 9.15. The molecule has 0 amide bonds. The summed E-state index contributed by atoms with van der Waals surface area (Å²) in [6, 6.07) is 7.24. The van der Waals surface area contributed by atoms with E-state index in [-0.39, 0.29) is 0 Å². The third kappa shape index (κ3) is 1.99. The SMILES string of the molecule is Cn1cc(Cn2ccc3cccc(C(=O)O)c32)cn1. The Labute approximate surface area is 109 Å². The van der Waals surface area contributed by atoms with E-state index in [1.165, 1.54) is 0 Å². The number of hydrogen-bond donors (Lipinski definition) is 1. The molecule has 5 nitrogen and oxygen atoms in total. The zero-order valence-electron chi connectivity index (χ0n) is 10.4. The molecule has 0 atom stereocenters. The lowest BCUT2D eigenvalue weighted by atomic mass is 10.1. The molecule has 2 aromatic heterocycles. The smallest absolute Gasteiger partial charge is 0.337 e. The molecule has 0 aliphatic carbocycles. The Bertz CT molecular complexity index is 755. The molecule has 0 aliphatic heterocycles. The number of aryl methyl sites for hydroxylation is 1. The van der Waals surface area contributed by atoms with Gasteiger partial charge in [0, 0.05) is 30.4 Å². The Hall–Kier alpha value is -2.56. The van der Waals surface area contributed by atoms with Crippen LogP contribution in [0.1, 0.15) is 15.9 Å². The highest BCUT2D eigenvalue weighted by Crippen LogP contribution is 2.21. The van der Waals surface area contributed by atoms with Gasteiger partial charge in [-0.2, -0.15) is 5.10 Å². The molecule has 0 aliphatic rings. The van der Waals surface area contributed by atoms with Gasteiger partial charge in [0.2, 0.25) is 0 Å². The predicted molar refractivity (Wildman–Crippen MR) is 71.2 cm³/mol. The number of hydrogen-bond acceptors (Lipinski definition) is 2. The molecule has 1 N–H and O–H groups in total. The molecular formula is C14H13N3O2. The lowest BCUT2D eigenvalue weighted by Gasteiger charge is -2.06. The van der Waals surface area contributed by atoms with E-state index < -0.39 is 5.97 Å².